The topological polar surface area (TPSA) is 98.0 Å². The lowest BCUT2D eigenvalue weighted by molar-refractivity contribution is 0.0997. The van der Waals surface area contributed by atoms with Crippen molar-refractivity contribution in [3.63, 3.8) is 0 Å². The Labute approximate surface area is 142 Å². The van der Waals surface area contributed by atoms with Crippen molar-refractivity contribution < 1.29 is 9.59 Å². The number of aromatic nitrogens is 2. The second kappa shape index (κ2) is 7.43. The van der Waals surface area contributed by atoms with Crippen LogP contribution < -0.4 is 11.1 Å². The summed E-state index contributed by atoms with van der Waals surface area (Å²) in [5.41, 5.74) is 6.14. The Morgan fingerprint density at radius 1 is 1.26 bits per heavy atom. The third-order valence-corrected chi connectivity index (χ3v) is 3.86. The minimum Gasteiger partial charge on any atom is -0.366 e. The lowest BCUT2D eigenvalue weighted by Gasteiger charge is -2.08. The van der Waals surface area contributed by atoms with Gasteiger partial charge in [-0.3, -0.25) is 9.59 Å². The van der Waals surface area contributed by atoms with Crippen LogP contribution in [0.2, 0.25) is 5.02 Å². The van der Waals surface area contributed by atoms with Gasteiger partial charge in [-0.05, 0) is 24.3 Å². The minimum atomic E-state index is -0.530. The number of primary amides is 1. The van der Waals surface area contributed by atoms with Gasteiger partial charge in [-0.1, -0.05) is 37.2 Å². The van der Waals surface area contributed by atoms with Crippen molar-refractivity contribution in [1.82, 2.24) is 9.97 Å². The number of halogens is 1. The van der Waals surface area contributed by atoms with Gasteiger partial charge >= 0.3 is 0 Å². The van der Waals surface area contributed by atoms with Gasteiger partial charge in [-0.2, -0.15) is 0 Å². The van der Waals surface area contributed by atoms with Gasteiger partial charge in [-0.25, -0.2) is 9.97 Å². The fourth-order valence-electron chi connectivity index (χ4n) is 1.69. The monoisotopic (exact) mass is 350 g/mol. The molecule has 0 spiro atoms. The van der Waals surface area contributed by atoms with Gasteiger partial charge in [0.25, 0.3) is 5.91 Å². The van der Waals surface area contributed by atoms with E-state index in [9.17, 15) is 9.59 Å². The Kier molecular flexibility index (Phi) is 5.57. The molecule has 1 aromatic carbocycles. The molecule has 3 N–H and O–H groups in total. The van der Waals surface area contributed by atoms with Crippen LogP contribution in [0.5, 0.6) is 0 Å². The van der Waals surface area contributed by atoms with Crippen LogP contribution in [0.25, 0.3) is 0 Å². The third-order valence-electron chi connectivity index (χ3n) is 2.71. The van der Waals surface area contributed by atoms with Gasteiger partial charge in [0, 0.05) is 16.5 Å². The number of rotatable bonds is 5. The molecule has 0 fully saturated rings. The van der Waals surface area contributed by atoms with E-state index >= 15 is 0 Å². The summed E-state index contributed by atoms with van der Waals surface area (Å²) in [7, 11) is 0. The molecule has 2 aromatic rings. The number of nitrogens with two attached hydrogens (primary N) is 1. The summed E-state index contributed by atoms with van der Waals surface area (Å²) in [5, 5.41) is 3.61. The molecule has 2 rings (SSSR count). The van der Waals surface area contributed by atoms with E-state index in [0.717, 1.165) is 0 Å². The van der Waals surface area contributed by atoms with Crippen molar-refractivity contribution in [2.75, 3.05) is 5.32 Å². The summed E-state index contributed by atoms with van der Waals surface area (Å²) in [6, 6.07) is 6.22. The van der Waals surface area contributed by atoms with Crippen LogP contribution >= 0.6 is 23.4 Å². The van der Waals surface area contributed by atoms with E-state index in [-0.39, 0.29) is 16.0 Å². The average molecular weight is 351 g/mol. The molecule has 1 heterocycles. The van der Waals surface area contributed by atoms with Crippen LogP contribution in [0.15, 0.2) is 35.6 Å². The molecule has 0 saturated carbocycles. The van der Waals surface area contributed by atoms with E-state index in [1.54, 1.807) is 12.1 Å². The molecule has 120 valence electrons. The fourth-order valence-corrected chi connectivity index (χ4v) is 2.54. The van der Waals surface area contributed by atoms with Crippen molar-refractivity contribution in [1.29, 1.82) is 0 Å². The first-order chi connectivity index (χ1) is 10.9. The Bertz CT molecular complexity index is 735. The number of nitrogens with zero attached hydrogens (tertiary/aromatic N) is 2. The lowest BCUT2D eigenvalue weighted by atomic mass is 10.2. The maximum atomic E-state index is 12.3. The van der Waals surface area contributed by atoms with Gasteiger partial charge in [-0.15, -0.1) is 0 Å². The maximum absolute atomic E-state index is 12.3. The number of amides is 2. The van der Waals surface area contributed by atoms with Crippen molar-refractivity contribution >= 4 is 40.9 Å². The molecule has 0 aliphatic rings. The molecule has 2 amide bonds. The SMILES string of the molecule is CC(C)Sc1ncc(Cl)c(C(=O)Nc2ccc(C(N)=O)cc2)n1. The van der Waals surface area contributed by atoms with E-state index in [4.69, 9.17) is 17.3 Å². The van der Waals surface area contributed by atoms with Gasteiger partial charge in [0.1, 0.15) is 0 Å². The normalized spacial score (nSPS) is 10.6. The average Bonchev–Trinajstić information content (AvgIpc) is 2.49. The molecule has 6 nitrogen and oxygen atoms in total. The van der Waals surface area contributed by atoms with E-state index < -0.39 is 11.8 Å². The Hall–Kier alpha value is -2.12. The van der Waals surface area contributed by atoms with Crippen LogP contribution in [-0.2, 0) is 0 Å². The summed E-state index contributed by atoms with van der Waals surface area (Å²) >= 11 is 7.44. The number of carbonyl (C=O) groups excluding carboxylic acids is 2. The van der Waals surface area contributed by atoms with Crippen molar-refractivity contribution in [2.45, 2.75) is 24.3 Å². The van der Waals surface area contributed by atoms with Crippen LogP contribution in [-0.4, -0.2) is 27.0 Å². The molecule has 1 aromatic heterocycles. The van der Waals surface area contributed by atoms with Gasteiger partial charge in [0.15, 0.2) is 10.9 Å². The Morgan fingerprint density at radius 3 is 2.48 bits per heavy atom. The standard InChI is InChI=1S/C15H15ClN4O2S/c1-8(2)23-15-18-7-11(16)12(20-15)14(22)19-10-5-3-9(4-6-10)13(17)21/h3-8H,1-2H3,(H2,17,21)(H,19,22). The number of anilines is 1. The van der Waals surface area contributed by atoms with Gasteiger partial charge in [0.2, 0.25) is 5.91 Å². The quantitative estimate of drug-likeness (QED) is 0.638. The maximum Gasteiger partial charge on any atom is 0.275 e. The lowest BCUT2D eigenvalue weighted by Crippen LogP contribution is -2.16. The minimum absolute atomic E-state index is 0.101. The second-order valence-electron chi connectivity index (χ2n) is 4.91. The molecular weight excluding hydrogens is 336 g/mol. The zero-order chi connectivity index (χ0) is 17.0. The highest BCUT2D eigenvalue weighted by molar-refractivity contribution is 7.99. The summed E-state index contributed by atoms with van der Waals surface area (Å²) < 4.78 is 0. The van der Waals surface area contributed by atoms with Crippen LogP contribution in [0.1, 0.15) is 34.7 Å². The van der Waals surface area contributed by atoms with E-state index in [1.165, 1.54) is 30.1 Å². The molecule has 23 heavy (non-hydrogen) atoms. The molecule has 0 aliphatic carbocycles. The van der Waals surface area contributed by atoms with Gasteiger partial charge < -0.3 is 11.1 Å². The van der Waals surface area contributed by atoms with Crippen molar-refractivity contribution in [3.05, 3.63) is 46.7 Å². The Balaban J connectivity index is 2.18. The first kappa shape index (κ1) is 17.2. The zero-order valence-electron chi connectivity index (χ0n) is 12.5. The molecule has 0 atom stereocenters. The number of hydrogen-bond donors (Lipinski definition) is 2. The van der Waals surface area contributed by atoms with E-state index in [0.29, 0.717) is 16.4 Å². The highest BCUT2D eigenvalue weighted by Crippen LogP contribution is 2.22. The molecule has 0 saturated heterocycles. The molecule has 0 radical (unpaired) electrons. The first-order valence-corrected chi connectivity index (χ1v) is 8.03. The first-order valence-electron chi connectivity index (χ1n) is 6.77. The van der Waals surface area contributed by atoms with Gasteiger partial charge in [0.05, 0.1) is 11.2 Å². The summed E-state index contributed by atoms with van der Waals surface area (Å²) in [6.07, 6.45) is 1.41. The van der Waals surface area contributed by atoms with E-state index in [1.807, 2.05) is 13.8 Å². The fraction of sp³-hybridized carbons (Fsp3) is 0.200. The largest absolute Gasteiger partial charge is 0.366 e. The number of benzene rings is 1. The predicted molar refractivity (Wildman–Crippen MR) is 90.9 cm³/mol. The number of thioether (sulfide) groups is 1. The predicted octanol–water partition coefficient (Wildman–Crippen LogP) is 2.98. The highest BCUT2D eigenvalue weighted by Gasteiger charge is 2.15. The highest BCUT2D eigenvalue weighted by atomic mass is 35.5. The van der Waals surface area contributed by atoms with Crippen LogP contribution in [0.4, 0.5) is 5.69 Å². The second-order valence-corrected chi connectivity index (χ2v) is 6.86. The number of hydrogen-bond acceptors (Lipinski definition) is 5. The van der Waals surface area contributed by atoms with E-state index in [2.05, 4.69) is 15.3 Å². The van der Waals surface area contributed by atoms with Crippen LogP contribution in [0, 0.1) is 0 Å². The smallest absolute Gasteiger partial charge is 0.275 e. The summed E-state index contributed by atoms with van der Waals surface area (Å²) in [6.45, 7) is 4.01. The zero-order valence-corrected chi connectivity index (χ0v) is 14.1. The summed E-state index contributed by atoms with van der Waals surface area (Å²) in [4.78, 5) is 31.6. The molecular formula is C15H15ClN4O2S. The number of nitrogens with one attached hydrogen (secondary N) is 1. The molecule has 0 unspecified atom stereocenters. The molecule has 0 bridgehead atoms. The van der Waals surface area contributed by atoms with Crippen molar-refractivity contribution in [2.24, 2.45) is 5.73 Å². The molecule has 0 aliphatic heterocycles. The summed E-state index contributed by atoms with van der Waals surface area (Å²) in [5.74, 6) is -0.980. The molecule has 8 heteroatoms. The van der Waals surface area contributed by atoms with Crippen LogP contribution in [0.3, 0.4) is 0 Å². The Morgan fingerprint density at radius 2 is 1.91 bits per heavy atom. The third kappa shape index (κ3) is 4.67. The number of carbonyl (C=O) groups is 2. The van der Waals surface area contributed by atoms with Crippen molar-refractivity contribution in [3.8, 4) is 0 Å².